The van der Waals surface area contributed by atoms with Crippen LogP contribution in [0.3, 0.4) is 0 Å². The predicted octanol–water partition coefficient (Wildman–Crippen LogP) is 2.65. The van der Waals surface area contributed by atoms with E-state index in [1.54, 1.807) is 7.11 Å². The molecule has 5 nitrogen and oxygen atoms in total. The van der Waals surface area contributed by atoms with Crippen molar-refractivity contribution in [1.82, 2.24) is 15.6 Å². The lowest BCUT2D eigenvalue weighted by molar-refractivity contribution is 0.410. The maximum atomic E-state index is 5.36. The largest absolute Gasteiger partial charge is 0.496 e. The number of aliphatic imine (C=N–C) groups is 1. The molecule has 1 aromatic heterocycles. The number of pyridine rings is 1. The number of ether oxygens (including phenoxy) is 1. The van der Waals surface area contributed by atoms with E-state index in [0.29, 0.717) is 13.1 Å². The Labute approximate surface area is 137 Å². The third-order valence-electron chi connectivity index (χ3n) is 3.33. The molecule has 1 heterocycles. The lowest BCUT2D eigenvalue weighted by atomic mass is 10.2. The van der Waals surface area contributed by atoms with E-state index in [2.05, 4.69) is 20.6 Å². The van der Waals surface area contributed by atoms with E-state index in [1.807, 2.05) is 56.3 Å². The maximum absolute atomic E-state index is 5.36. The van der Waals surface area contributed by atoms with Crippen LogP contribution in [0.15, 0.2) is 47.5 Å². The van der Waals surface area contributed by atoms with E-state index >= 15 is 0 Å². The van der Waals surface area contributed by atoms with Gasteiger partial charge in [-0.1, -0.05) is 24.3 Å². The van der Waals surface area contributed by atoms with Crippen LogP contribution in [0, 0.1) is 6.92 Å². The number of hydrogen-bond acceptors (Lipinski definition) is 3. The van der Waals surface area contributed by atoms with Gasteiger partial charge < -0.3 is 15.4 Å². The number of guanidine groups is 1. The second-order valence-corrected chi connectivity index (χ2v) is 5.13. The molecule has 2 N–H and O–H groups in total. The van der Waals surface area contributed by atoms with E-state index in [4.69, 9.17) is 4.74 Å². The highest BCUT2D eigenvalue weighted by molar-refractivity contribution is 5.79. The minimum atomic E-state index is 0.556. The highest BCUT2D eigenvalue weighted by Gasteiger charge is 2.03. The Bertz CT molecular complexity index is 655. The molecule has 0 saturated heterocycles. The summed E-state index contributed by atoms with van der Waals surface area (Å²) in [5, 5.41) is 6.55. The summed E-state index contributed by atoms with van der Waals surface area (Å²) >= 11 is 0. The van der Waals surface area contributed by atoms with Crippen LogP contribution in [0.5, 0.6) is 5.75 Å². The van der Waals surface area contributed by atoms with Crippen LogP contribution in [-0.4, -0.2) is 24.6 Å². The second kappa shape index (κ2) is 8.78. The first-order valence-corrected chi connectivity index (χ1v) is 7.79. The second-order valence-electron chi connectivity index (χ2n) is 5.13. The number of hydrogen-bond donors (Lipinski definition) is 2. The van der Waals surface area contributed by atoms with Crippen molar-refractivity contribution >= 4 is 5.96 Å². The number of aryl methyl sites for hydroxylation is 1. The van der Waals surface area contributed by atoms with Crippen LogP contribution in [-0.2, 0) is 13.1 Å². The zero-order valence-corrected chi connectivity index (χ0v) is 14.0. The van der Waals surface area contributed by atoms with Crippen molar-refractivity contribution in [3.05, 3.63) is 59.4 Å². The Morgan fingerprint density at radius 3 is 2.70 bits per heavy atom. The van der Waals surface area contributed by atoms with Gasteiger partial charge in [-0.05, 0) is 32.0 Å². The molecular weight excluding hydrogens is 288 g/mol. The Hall–Kier alpha value is -2.56. The molecule has 0 atom stereocenters. The molecule has 0 aliphatic rings. The molecule has 5 heteroatoms. The summed E-state index contributed by atoms with van der Waals surface area (Å²) < 4.78 is 5.36. The van der Waals surface area contributed by atoms with Crippen LogP contribution in [0.4, 0.5) is 0 Å². The first kappa shape index (κ1) is 16.8. The topological polar surface area (TPSA) is 58.5 Å². The summed E-state index contributed by atoms with van der Waals surface area (Å²) in [6.07, 6.45) is 0. The molecule has 0 aliphatic heterocycles. The maximum Gasteiger partial charge on any atom is 0.191 e. The minimum absolute atomic E-state index is 0.556. The average molecular weight is 312 g/mol. The van der Waals surface area contributed by atoms with Crippen molar-refractivity contribution in [2.75, 3.05) is 13.7 Å². The van der Waals surface area contributed by atoms with E-state index in [0.717, 1.165) is 35.2 Å². The van der Waals surface area contributed by atoms with Gasteiger partial charge in [0.2, 0.25) is 0 Å². The standard InChI is InChI=1S/C18H24N4O/c1-4-19-18(21-13-16-10-7-8-14(2)22-16)20-12-15-9-5-6-11-17(15)23-3/h5-11H,4,12-13H2,1-3H3,(H2,19,20,21). The number of nitrogens with one attached hydrogen (secondary N) is 2. The van der Waals surface area contributed by atoms with Crippen LogP contribution in [0.25, 0.3) is 0 Å². The van der Waals surface area contributed by atoms with Gasteiger partial charge in [0, 0.05) is 17.8 Å². The van der Waals surface area contributed by atoms with E-state index < -0.39 is 0 Å². The summed E-state index contributed by atoms with van der Waals surface area (Å²) in [6.45, 7) is 6.04. The van der Waals surface area contributed by atoms with Gasteiger partial charge in [-0.15, -0.1) is 0 Å². The molecule has 2 aromatic rings. The van der Waals surface area contributed by atoms with Crippen molar-refractivity contribution in [3.8, 4) is 5.75 Å². The van der Waals surface area contributed by atoms with Crippen molar-refractivity contribution in [3.63, 3.8) is 0 Å². The molecule has 0 radical (unpaired) electrons. The Morgan fingerprint density at radius 1 is 1.13 bits per heavy atom. The molecule has 0 bridgehead atoms. The molecule has 1 aromatic carbocycles. The SMILES string of the molecule is CCNC(=NCc1ccccc1OC)NCc1cccc(C)n1. The monoisotopic (exact) mass is 312 g/mol. The van der Waals surface area contributed by atoms with Crippen LogP contribution < -0.4 is 15.4 Å². The Kier molecular flexibility index (Phi) is 6.41. The zero-order chi connectivity index (χ0) is 16.5. The molecule has 2 rings (SSSR count). The van der Waals surface area contributed by atoms with Crippen molar-refractivity contribution in [2.24, 2.45) is 4.99 Å². The van der Waals surface area contributed by atoms with Gasteiger partial charge in [-0.25, -0.2) is 4.99 Å². The van der Waals surface area contributed by atoms with Gasteiger partial charge >= 0.3 is 0 Å². The quantitative estimate of drug-likeness (QED) is 0.636. The molecule has 0 unspecified atom stereocenters. The van der Waals surface area contributed by atoms with Gasteiger partial charge in [0.15, 0.2) is 5.96 Å². The summed E-state index contributed by atoms with van der Waals surface area (Å²) in [6, 6.07) is 13.9. The smallest absolute Gasteiger partial charge is 0.191 e. The fraction of sp³-hybridized carbons (Fsp3) is 0.333. The van der Waals surface area contributed by atoms with Gasteiger partial charge in [0.05, 0.1) is 25.9 Å². The van der Waals surface area contributed by atoms with E-state index in [-0.39, 0.29) is 0 Å². The number of benzene rings is 1. The summed E-state index contributed by atoms with van der Waals surface area (Å²) in [4.78, 5) is 9.10. The lowest BCUT2D eigenvalue weighted by Crippen LogP contribution is -2.37. The molecule has 0 fully saturated rings. The van der Waals surface area contributed by atoms with E-state index in [1.165, 1.54) is 0 Å². The van der Waals surface area contributed by atoms with Gasteiger partial charge in [-0.2, -0.15) is 0 Å². The third kappa shape index (κ3) is 5.29. The first-order valence-electron chi connectivity index (χ1n) is 7.79. The molecule has 0 amide bonds. The van der Waals surface area contributed by atoms with Crippen molar-refractivity contribution in [2.45, 2.75) is 26.9 Å². The Morgan fingerprint density at radius 2 is 1.96 bits per heavy atom. The summed E-state index contributed by atoms with van der Waals surface area (Å²) in [5.41, 5.74) is 3.06. The van der Waals surface area contributed by atoms with Crippen LogP contribution in [0.1, 0.15) is 23.9 Å². The summed E-state index contributed by atoms with van der Waals surface area (Å²) in [7, 11) is 1.68. The minimum Gasteiger partial charge on any atom is -0.496 e. The van der Waals surface area contributed by atoms with Gasteiger partial charge in [-0.3, -0.25) is 4.98 Å². The van der Waals surface area contributed by atoms with Crippen molar-refractivity contribution < 1.29 is 4.74 Å². The fourth-order valence-electron chi connectivity index (χ4n) is 2.21. The predicted molar refractivity (Wildman–Crippen MR) is 93.6 cm³/mol. The van der Waals surface area contributed by atoms with Gasteiger partial charge in [0.1, 0.15) is 5.75 Å². The highest BCUT2D eigenvalue weighted by Crippen LogP contribution is 2.17. The molecule has 0 spiro atoms. The normalized spacial score (nSPS) is 11.2. The van der Waals surface area contributed by atoms with E-state index in [9.17, 15) is 0 Å². The molecular formula is C18H24N4O. The number of nitrogens with zero attached hydrogens (tertiary/aromatic N) is 2. The molecule has 0 saturated carbocycles. The Balaban J connectivity index is 2.02. The number of rotatable bonds is 6. The summed E-state index contributed by atoms with van der Waals surface area (Å²) in [5.74, 6) is 1.62. The molecule has 122 valence electrons. The van der Waals surface area contributed by atoms with Crippen molar-refractivity contribution in [1.29, 1.82) is 0 Å². The highest BCUT2D eigenvalue weighted by atomic mass is 16.5. The fourth-order valence-corrected chi connectivity index (χ4v) is 2.21. The average Bonchev–Trinajstić information content (AvgIpc) is 2.57. The first-order chi connectivity index (χ1) is 11.2. The third-order valence-corrected chi connectivity index (χ3v) is 3.33. The molecule has 0 aliphatic carbocycles. The number of aromatic nitrogens is 1. The molecule has 23 heavy (non-hydrogen) atoms. The van der Waals surface area contributed by atoms with Gasteiger partial charge in [0.25, 0.3) is 0 Å². The van der Waals surface area contributed by atoms with Crippen LogP contribution in [0.2, 0.25) is 0 Å². The number of methoxy groups -OCH3 is 1. The van der Waals surface area contributed by atoms with Crippen LogP contribution >= 0.6 is 0 Å². The zero-order valence-electron chi connectivity index (χ0n) is 14.0. The number of para-hydroxylation sites is 1. The lowest BCUT2D eigenvalue weighted by Gasteiger charge is -2.12.